The summed E-state index contributed by atoms with van der Waals surface area (Å²) in [6.45, 7) is 11.7. The van der Waals surface area contributed by atoms with Crippen molar-refractivity contribution >= 4 is 47.4 Å². The van der Waals surface area contributed by atoms with Crippen LogP contribution in [0.2, 0.25) is 0 Å². The summed E-state index contributed by atoms with van der Waals surface area (Å²) in [4.78, 5) is 97.1. The van der Waals surface area contributed by atoms with Gasteiger partial charge < -0.3 is 47.1 Å². The monoisotopic (exact) mass is 758 g/mol. The normalized spacial score (nSPS) is 20.9. The van der Waals surface area contributed by atoms with Gasteiger partial charge in [0.15, 0.2) is 0 Å². The van der Waals surface area contributed by atoms with Gasteiger partial charge in [-0.15, -0.1) is 0 Å². The molecule has 4 atom stereocenters. The van der Waals surface area contributed by atoms with E-state index in [2.05, 4.69) is 36.9 Å². The van der Waals surface area contributed by atoms with Gasteiger partial charge in [0.05, 0.1) is 18.8 Å². The fraction of sp³-hybridized carbons (Fsp3) is 0.622. The number of nitrogens with two attached hydrogens (primary N) is 1. The maximum atomic E-state index is 14.0. The fourth-order valence-corrected chi connectivity index (χ4v) is 5.24. The Bertz CT molecular complexity index is 1480. The minimum Gasteiger partial charge on any atom is -0.460 e. The average molecular weight is 759 g/mol. The van der Waals surface area contributed by atoms with Crippen molar-refractivity contribution in [1.82, 2.24) is 31.9 Å². The van der Waals surface area contributed by atoms with E-state index in [9.17, 15) is 33.6 Å². The van der Waals surface area contributed by atoms with Crippen LogP contribution in [0, 0.1) is 0 Å². The SMILES string of the molecule is CC(N)=NCCC[C@@H]1NC(=O)[C@H](CCCCNC(=O)OC(C)(C)C)NC(=O)[C@@H](Cc2ccccc2)NC(=O)[C@H](CC(=O)OC(C)(C)C)NC(=O)CNC1=O. The molecule has 0 aromatic heterocycles. The Morgan fingerprint density at radius 1 is 0.759 bits per heavy atom. The van der Waals surface area contributed by atoms with Crippen molar-refractivity contribution in [1.29, 1.82) is 0 Å². The van der Waals surface area contributed by atoms with Crippen LogP contribution >= 0.6 is 0 Å². The van der Waals surface area contributed by atoms with Crippen LogP contribution < -0.4 is 37.6 Å². The van der Waals surface area contributed by atoms with Gasteiger partial charge in [-0.25, -0.2) is 4.79 Å². The summed E-state index contributed by atoms with van der Waals surface area (Å²) >= 11 is 0. The molecule has 0 spiro atoms. The molecule has 6 amide bonds. The first-order chi connectivity index (χ1) is 25.2. The summed E-state index contributed by atoms with van der Waals surface area (Å²) in [6, 6.07) is 3.81. The number of nitrogens with one attached hydrogen (secondary N) is 6. The number of ether oxygens (including phenoxy) is 2. The Hall–Kier alpha value is -5.22. The van der Waals surface area contributed by atoms with E-state index in [-0.39, 0.29) is 32.4 Å². The number of nitrogens with zero attached hydrogens (tertiary/aromatic N) is 1. The van der Waals surface area contributed by atoms with Crippen LogP contribution in [0.4, 0.5) is 4.79 Å². The lowest BCUT2D eigenvalue weighted by Crippen LogP contribution is -2.58. The number of alkyl carbamates (subject to hydrolysis) is 1. The van der Waals surface area contributed by atoms with Gasteiger partial charge in [-0.3, -0.25) is 33.8 Å². The second-order valence-corrected chi connectivity index (χ2v) is 15.1. The molecule has 1 heterocycles. The minimum atomic E-state index is -1.47. The van der Waals surface area contributed by atoms with Crippen molar-refractivity contribution in [2.45, 2.75) is 129 Å². The van der Waals surface area contributed by atoms with Crippen molar-refractivity contribution in [3.05, 3.63) is 35.9 Å². The van der Waals surface area contributed by atoms with E-state index < -0.39 is 89.9 Å². The largest absolute Gasteiger partial charge is 0.460 e. The highest BCUT2D eigenvalue weighted by molar-refractivity contribution is 5.98. The van der Waals surface area contributed by atoms with Crippen LogP contribution in [-0.2, 0) is 44.7 Å². The smallest absolute Gasteiger partial charge is 0.407 e. The third-order valence-corrected chi connectivity index (χ3v) is 7.65. The van der Waals surface area contributed by atoms with Gasteiger partial charge in [0.1, 0.15) is 35.4 Å². The molecule has 54 heavy (non-hydrogen) atoms. The van der Waals surface area contributed by atoms with Gasteiger partial charge in [-0.2, -0.15) is 0 Å². The number of rotatable bonds is 13. The molecule has 0 saturated carbocycles. The zero-order chi connectivity index (χ0) is 40.5. The van der Waals surface area contributed by atoms with Gasteiger partial charge in [0.2, 0.25) is 29.5 Å². The molecule has 1 aliphatic rings. The third-order valence-electron chi connectivity index (χ3n) is 7.65. The average Bonchev–Trinajstić information content (AvgIpc) is 3.05. The lowest BCUT2D eigenvalue weighted by Gasteiger charge is -2.26. The Labute approximate surface area is 317 Å². The number of amides is 6. The topological polar surface area (TPSA) is 249 Å². The Balaban J connectivity index is 2.45. The van der Waals surface area contributed by atoms with E-state index in [4.69, 9.17) is 15.2 Å². The molecule has 0 bridgehead atoms. The molecule has 1 aromatic rings. The van der Waals surface area contributed by atoms with Gasteiger partial charge in [-0.1, -0.05) is 30.3 Å². The summed E-state index contributed by atoms with van der Waals surface area (Å²) in [5.41, 5.74) is 4.76. The molecular formula is C37H58N8O9. The summed E-state index contributed by atoms with van der Waals surface area (Å²) in [6.07, 6.45) is 0.200. The number of esters is 1. The lowest BCUT2D eigenvalue weighted by molar-refractivity contribution is -0.156. The molecule has 0 radical (unpaired) electrons. The van der Waals surface area contributed by atoms with Crippen molar-refractivity contribution < 1.29 is 43.0 Å². The zero-order valence-corrected chi connectivity index (χ0v) is 32.5. The highest BCUT2D eigenvalue weighted by atomic mass is 16.6. The van der Waals surface area contributed by atoms with E-state index in [1.165, 1.54) is 0 Å². The molecule has 1 fully saturated rings. The van der Waals surface area contributed by atoms with E-state index in [0.717, 1.165) is 0 Å². The molecule has 8 N–H and O–H groups in total. The standard InChI is InChI=1S/C37H58N8O9/c1-23(38)39-19-13-17-25-31(48)41-22-29(46)42-28(21-30(47)53-36(2,3)4)34(51)45-27(20-24-14-9-8-10-15-24)33(50)44-26(32(49)43-25)16-11-12-18-40-35(52)54-37(5,6)7/h8-10,14-15,25-28H,11-13,16-22H2,1-7H3,(H2,38,39)(H,40,52)(H,41,48)(H,42,46)(H,43,49)(H,44,50)(H,45,51)/t25-,26-,27+,28-/m0/s1. The summed E-state index contributed by atoms with van der Waals surface area (Å²) < 4.78 is 10.7. The number of amidine groups is 1. The number of carbonyl (C=O) groups excluding carboxylic acids is 7. The first-order valence-corrected chi connectivity index (χ1v) is 18.2. The highest BCUT2D eigenvalue weighted by Crippen LogP contribution is 2.12. The van der Waals surface area contributed by atoms with Gasteiger partial charge in [0, 0.05) is 19.5 Å². The maximum absolute atomic E-state index is 14.0. The van der Waals surface area contributed by atoms with Crippen LogP contribution in [-0.4, -0.2) is 102 Å². The van der Waals surface area contributed by atoms with E-state index in [0.29, 0.717) is 30.7 Å². The van der Waals surface area contributed by atoms with Gasteiger partial charge >= 0.3 is 12.1 Å². The van der Waals surface area contributed by atoms with Crippen molar-refractivity contribution in [3.63, 3.8) is 0 Å². The first-order valence-electron chi connectivity index (χ1n) is 18.2. The Morgan fingerprint density at radius 3 is 1.93 bits per heavy atom. The Kier molecular flexibility index (Phi) is 17.9. The highest BCUT2D eigenvalue weighted by Gasteiger charge is 2.34. The van der Waals surface area contributed by atoms with Crippen LogP contribution in [0.25, 0.3) is 0 Å². The summed E-state index contributed by atoms with van der Waals surface area (Å²) in [5, 5.41) is 15.7. The fourth-order valence-electron chi connectivity index (χ4n) is 5.24. The molecule has 1 aliphatic heterocycles. The molecule has 1 saturated heterocycles. The maximum Gasteiger partial charge on any atom is 0.407 e. The second-order valence-electron chi connectivity index (χ2n) is 15.1. The number of hydrogen-bond donors (Lipinski definition) is 7. The number of unbranched alkanes of at least 4 members (excludes halogenated alkanes) is 1. The second kappa shape index (κ2) is 21.5. The molecule has 17 nitrogen and oxygen atoms in total. The Morgan fingerprint density at radius 2 is 1.31 bits per heavy atom. The molecule has 0 aliphatic carbocycles. The van der Waals surface area contributed by atoms with Crippen molar-refractivity contribution in [2.75, 3.05) is 19.6 Å². The molecule has 1 aromatic carbocycles. The van der Waals surface area contributed by atoms with Crippen molar-refractivity contribution in [2.24, 2.45) is 10.7 Å². The van der Waals surface area contributed by atoms with E-state index in [1.807, 2.05) is 0 Å². The van der Waals surface area contributed by atoms with Crippen LogP contribution in [0.15, 0.2) is 35.3 Å². The predicted octanol–water partition coefficient (Wildman–Crippen LogP) is 0.882. The number of benzene rings is 1. The lowest BCUT2D eigenvalue weighted by atomic mass is 10.0. The minimum absolute atomic E-state index is 0.00338. The summed E-state index contributed by atoms with van der Waals surface area (Å²) in [7, 11) is 0. The van der Waals surface area contributed by atoms with Gasteiger partial charge in [-0.05, 0) is 86.1 Å². The number of hydrogen-bond acceptors (Lipinski definition) is 10. The molecule has 17 heteroatoms. The zero-order valence-electron chi connectivity index (χ0n) is 32.5. The number of carbonyl (C=O) groups is 7. The molecule has 2 rings (SSSR count). The van der Waals surface area contributed by atoms with Crippen LogP contribution in [0.1, 0.15) is 92.6 Å². The molecular weight excluding hydrogens is 700 g/mol. The first kappa shape index (κ1) is 44.9. The summed E-state index contributed by atoms with van der Waals surface area (Å²) in [5.74, 6) is -4.16. The quantitative estimate of drug-likeness (QED) is 0.0648. The van der Waals surface area contributed by atoms with Gasteiger partial charge in [0.25, 0.3) is 0 Å². The predicted molar refractivity (Wildman–Crippen MR) is 201 cm³/mol. The molecule has 0 unspecified atom stereocenters. The van der Waals surface area contributed by atoms with Crippen molar-refractivity contribution in [3.8, 4) is 0 Å². The van der Waals surface area contributed by atoms with E-state index in [1.54, 1.807) is 78.8 Å². The number of aliphatic imine (C=N–C) groups is 1. The van der Waals surface area contributed by atoms with Crippen LogP contribution in [0.3, 0.4) is 0 Å². The van der Waals surface area contributed by atoms with Crippen LogP contribution in [0.5, 0.6) is 0 Å². The van der Waals surface area contributed by atoms with E-state index >= 15 is 0 Å². The third kappa shape index (κ3) is 18.5. The molecule has 300 valence electrons.